The molecule has 1 rings (SSSR count). The fourth-order valence-corrected chi connectivity index (χ4v) is 24.0. The smallest absolute Gasteiger partial charge is 0.344 e. The van der Waals surface area contributed by atoms with Gasteiger partial charge in [-0.15, -0.1) is 0 Å². The third-order valence-corrected chi connectivity index (χ3v) is 20.4. The predicted octanol–water partition coefficient (Wildman–Crippen LogP) is 1.10. The maximum atomic E-state index is 6.49. The Balaban J connectivity index is 3.24. The maximum absolute atomic E-state index is 6.49. The molecule has 24 heavy (non-hydrogen) atoms. The van der Waals surface area contributed by atoms with Gasteiger partial charge in [-0.1, -0.05) is 0 Å². The van der Waals surface area contributed by atoms with Crippen LogP contribution in [0.25, 0.3) is 0 Å². The quantitative estimate of drug-likeness (QED) is 0.545. The first-order valence-electron chi connectivity index (χ1n) is 7.83. The van der Waals surface area contributed by atoms with E-state index in [1.807, 2.05) is 26.2 Å². The fourth-order valence-electron chi connectivity index (χ4n) is 3.19. The van der Waals surface area contributed by atoms with Crippen molar-refractivity contribution in [1.82, 2.24) is 0 Å². The summed E-state index contributed by atoms with van der Waals surface area (Å²) in [6, 6.07) is 0. The number of ether oxygens (including phenoxy) is 4. The Morgan fingerprint density at radius 2 is 0.625 bits per heavy atom. The van der Waals surface area contributed by atoms with Gasteiger partial charge in [0.2, 0.25) is 0 Å². The molecule has 1 fully saturated rings. The highest BCUT2D eigenvalue weighted by molar-refractivity contribution is 6.93. The molecule has 0 aliphatic carbocycles. The van der Waals surface area contributed by atoms with Crippen molar-refractivity contribution >= 4 is 34.2 Å². The summed E-state index contributed by atoms with van der Waals surface area (Å²) >= 11 is 0. The molecular formula is C12H32O8Si4. The molecule has 144 valence electrons. The molecule has 0 atom stereocenters. The number of rotatable bonds is 8. The van der Waals surface area contributed by atoms with Crippen molar-refractivity contribution in [3.05, 3.63) is 0 Å². The Bertz CT molecular complexity index is 319. The van der Waals surface area contributed by atoms with E-state index in [4.69, 9.17) is 35.4 Å². The minimum Gasteiger partial charge on any atom is -0.413 e. The average molecular weight is 417 g/mol. The van der Waals surface area contributed by atoms with Crippen molar-refractivity contribution in [3.8, 4) is 0 Å². The molecule has 0 radical (unpaired) electrons. The van der Waals surface area contributed by atoms with Crippen molar-refractivity contribution in [2.24, 2.45) is 0 Å². The summed E-state index contributed by atoms with van der Waals surface area (Å²) in [5.41, 5.74) is 0. The zero-order valence-electron chi connectivity index (χ0n) is 16.1. The molecule has 1 aliphatic rings. The molecule has 8 nitrogen and oxygen atoms in total. The van der Waals surface area contributed by atoms with Crippen LogP contribution in [0.15, 0.2) is 0 Å². The Morgan fingerprint density at radius 3 is 0.750 bits per heavy atom. The summed E-state index contributed by atoms with van der Waals surface area (Å²) in [5, 5.41) is 0. The van der Waals surface area contributed by atoms with E-state index in [0.29, 0.717) is 24.9 Å². The molecule has 0 saturated carbocycles. The average Bonchev–Trinajstić information content (AvgIpc) is 2.35. The second kappa shape index (κ2) is 8.96. The number of hydrogen-bond donors (Lipinski definition) is 0. The van der Waals surface area contributed by atoms with Crippen LogP contribution in [-0.4, -0.2) is 87.6 Å². The number of hydrogen-bond acceptors (Lipinski definition) is 8. The van der Waals surface area contributed by atoms with E-state index in [0.717, 1.165) is 0 Å². The van der Waals surface area contributed by atoms with E-state index in [2.05, 4.69) is 0 Å². The Labute approximate surface area is 149 Å². The van der Waals surface area contributed by atoms with Crippen LogP contribution in [0.5, 0.6) is 0 Å². The van der Waals surface area contributed by atoms with Crippen molar-refractivity contribution < 1.29 is 35.4 Å². The van der Waals surface area contributed by atoms with Gasteiger partial charge in [-0.2, -0.15) is 0 Å². The third kappa shape index (κ3) is 6.37. The lowest BCUT2D eigenvalue weighted by Gasteiger charge is -2.49. The Morgan fingerprint density at radius 1 is 0.458 bits per heavy atom. The van der Waals surface area contributed by atoms with E-state index in [-0.39, 0.29) is 0 Å². The van der Waals surface area contributed by atoms with Crippen LogP contribution in [-0.2, 0) is 35.4 Å². The first-order chi connectivity index (χ1) is 11.1. The van der Waals surface area contributed by atoms with Gasteiger partial charge in [-0.05, 0) is 26.2 Å². The van der Waals surface area contributed by atoms with Gasteiger partial charge in [0, 0.05) is 28.4 Å². The fraction of sp³-hybridized carbons (Fsp3) is 1.00. The molecule has 1 heterocycles. The highest BCUT2D eigenvalue weighted by Crippen LogP contribution is 2.31. The monoisotopic (exact) mass is 416 g/mol. The summed E-state index contributed by atoms with van der Waals surface area (Å²) < 4.78 is 47.5. The molecule has 12 heteroatoms. The molecule has 0 amide bonds. The van der Waals surface area contributed by atoms with Gasteiger partial charge in [-0.25, -0.2) is 0 Å². The molecule has 1 aliphatic heterocycles. The van der Waals surface area contributed by atoms with Crippen molar-refractivity contribution in [2.75, 3.05) is 53.4 Å². The zero-order valence-corrected chi connectivity index (χ0v) is 20.1. The maximum Gasteiger partial charge on any atom is 0.344 e. The molecule has 0 spiro atoms. The van der Waals surface area contributed by atoms with E-state index >= 15 is 0 Å². The van der Waals surface area contributed by atoms with Gasteiger partial charge in [0.25, 0.3) is 0 Å². The Hall–Kier alpha value is 0.548. The van der Waals surface area contributed by atoms with Gasteiger partial charge in [0.05, 0.1) is 24.9 Å². The van der Waals surface area contributed by atoms with Gasteiger partial charge in [0.15, 0.2) is 0 Å². The van der Waals surface area contributed by atoms with Crippen molar-refractivity contribution in [2.45, 2.75) is 26.2 Å². The molecule has 0 aromatic heterocycles. The molecular weight excluding hydrogens is 384 g/mol. The lowest BCUT2D eigenvalue weighted by molar-refractivity contribution is 0.123. The highest BCUT2D eigenvalue weighted by Gasteiger charge is 2.57. The molecule has 0 aromatic rings. The summed E-state index contributed by atoms with van der Waals surface area (Å²) in [7, 11) is -4.15. The topological polar surface area (TPSA) is 73.8 Å². The standard InChI is InChI=1S/C12H32O8Si4/c1-13-9-21(5)17-22(6,10-14-2)19-24(8,12-16-4)20-23(7,18-21)11-15-3/h9-12H2,1-8H3. The summed E-state index contributed by atoms with van der Waals surface area (Å²) in [6.07, 6.45) is 1.56. The normalized spacial score (nSPS) is 41.0. The van der Waals surface area contributed by atoms with Crippen LogP contribution >= 0.6 is 0 Å². The second-order valence-electron chi connectivity index (χ2n) is 6.68. The summed E-state index contributed by atoms with van der Waals surface area (Å²) in [5.74, 6) is 0. The first kappa shape index (κ1) is 22.6. The molecule has 0 aromatic carbocycles. The van der Waals surface area contributed by atoms with Crippen LogP contribution in [0, 0.1) is 0 Å². The van der Waals surface area contributed by atoms with Gasteiger partial charge in [0.1, 0.15) is 0 Å². The SMILES string of the molecule is COC[Si]1(C)O[Si](C)(COC)O[Si](C)(COC)O[Si](C)(COC)O1. The lowest BCUT2D eigenvalue weighted by Crippen LogP contribution is -2.71. The van der Waals surface area contributed by atoms with E-state index in [1.165, 1.54) is 0 Å². The minimum absolute atomic E-state index is 0.390. The first-order valence-corrected chi connectivity index (χ1v) is 17.9. The molecule has 0 N–H and O–H groups in total. The lowest BCUT2D eigenvalue weighted by atomic mass is 11.5. The van der Waals surface area contributed by atoms with Crippen molar-refractivity contribution in [3.63, 3.8) is 0 Å². The van der Waals surface area contributed by atoms with Crippen molar-refractivity contribution in [1.29, 1.82) is 0 Å². The molecule has 0 unspecified atom stereocenters. The molecule has 1 saturated heterocycles. The van der Waals surface area contributed by atoms with E-state index in [9.17, 15) is 0 Å². The van der Waals surface area contributed by atoms with E-state index in [1.54, 1.807) is 28.4 Å². The van der Waals surface area contributed by atoms with E-state index < -0.39 is 34.2 Å². The molecule has 0 bridgehead atoms. The summed E-state index contributed by atoms with van der Waals surface area (Å²) in [4.78, 5) is 0. The van der Waals surface area contributed by atoms with Crippen LogP contribution in [0.4, 0.5) is 0 Å². The van der Waals surface area contributed by atoms with Crippen LogP contribution < -0.4 is 0 Å². The van der Waals surface area contributed by atoms with Crippen LogP contribution in [0.2, 0.25) is 26.2 Å². The minimum atomic E-state index is -2.68. The van der Waals surface area contributed by atoms with Crippen LogP contribution in [0.1, 0.15) is 0 Å². The second-order valence-corrected chi connectivity index (χ2v) is 20.2. The number of methoxy groups -OCH3 is 4. The summed E-state index contributed by atoms with van der Waals surface area (Å²) in [6.45, 7) is 7.91. The largest absolute Gasteiger partial charge is 0.413 e. The van der Waals surface area contributed by atoms with Gasteiger partial charge in [-0.3, -0.25) is 0 Å². The highest BCUT2D eigenvalue weighted by atomic mass is 28.5. The van der Waals surface area contributed by atoms with Gasteiger partial charge < -0.3 is 35.4 Å². The zero-order chi connectivity index (χ0) is 18.5. The Kier molecular flexibility index (Phi) is 8.44. The van der Waals surface area contributed by atoms with Crippen LogP contribution in [0.3, 0.4) is 0 Å². The third-order valence-electron chi connectivity index (χ3n) is 3.35. The van der Waals surface area contributed by atoms with Gasteiger partial charge >= 0.3 is 34.2 Å². The predicted molar refractivity (Wildman–Crippen MR) is 98.3 cm³/mol.